The molecule has 0 rings (SSSR count). The minimum Gasteiger partial charge on any atom is -2.00 e. The summed E-state index contributed by atoms with van der Waals surface area (Å²) in [5.41, 5.74) is 0. The first-order chi connectivity index (χ1) is 0. The minimum absolute atomic E-state index is 0. The van der Waals surface area contributed by atoms with Crippen LogP contribution in [-0.2, 0) is 71.0 Å². The Labute approximate surface area is 70.5 Å². The quantitative estimate of drug-likeness (QED) is 0.474. The largest absolute Gasteiger partial charge is 2.00 e. The molecule has 0 atom stereocenters. The van der Waals surface area contributed by atoms with Gasteiger partial charge in [0, 0.05) is 60.0 Å². The summed E-state index contributed by atoms with van der Waals surface area (Å²) in [6.07, 6.45) is 0. The van der Waals surface area contributed by atoms with Crippen molar-refractivity contribution in [2.45, 2.75) is 0 Å². The zero-order valence-corrected chi connectivity index (χ0v) is 7.39. The van der Waals surface area contributed by atoms with E-state index in [1.54, 1.807) is 0 Å². The van der Waals surface area contributed by atoms with Crippen molar-refractivity contribution in [1.29, 1.82) is 0 Å². The van der Waals surface area contributed by atoms with Gasteiger partial charge in [-0.1, -0.05) is 0 Å². The SMILES string of the molecule is [Ir].[O-2].[O-2].[Pd].[Rh]. The molecule has 2 nitrogen and oxygen atoms in total. The van der Waals surface area contributed by atoms with Crippen LogP contribution >= 0.6 is 0 Å². The molecule has 0 aliphatic heterocycles. The predicted molar refractivity (Wildman–Crippen MR) is 1.37 cm³/mol. The van der Waals surface area contributed by atoms with Gasteiger partial charge in [-0.25, -0.2) is 0 Å². The maximum Gasteiger partial charge on any atom is 0 e. The van der Waals surface area contributed by atoms with Gasteiger partial charge in [0.15, 0.2) is 0 Å². The molecular formula is IrO2PdRh-4. The van der Waals surface area contributed by atoms with E-state index in [9.17, 15) is 0 Å². The first-order valence-corrected chi connectivity index (χ1v) is 0. The van der Waals surface area contributed by atoms with Gasteiger partial charge < -0.3 is 11.0 Å². The monoisotopic (exact) mass is 434 g/mol. The van der Waals surface area contributed by atoms with Crippen molar-refractivity contribution in [3.05, 3.63) is 0 Å². The molecule has 0 saturated carbocycles. The molecule has 0 N–H and O–H groups in total. The number of rotatable bonds is 0. The second-order valence-electron chi connectivity index (χ2n) is 0. The van der Waals surface area contributed by atoms with E-state index in [4.69, 9.17) is 0 Å². The molecule has 44 valence electrons. The van der Waals surface area contributed by atoms with Crippen LogP contribution < -0.4 is 0 Å². The van der Waals surface area contributed by atoms with Crippen LogP contribution in [0, 0.1) is 0 Å². The maximum absolute atomic E-state index is 0. The van der Waals surface area contributed by atoms with E-state index >= 15 is 0 Å². The molecule has 0 amide bonds. The standard InChI is InChI=1S/Ir.2O.Pd.Rh/q;2*-2;;. The Bertz CT molecular complexity index is 9.61. The number of hydrogen-bond acceptors (Lipinski definition) is 0. The van der Waals surface area contributed by atoms with Crippen LogP contribution in [0.3, 0.4) is 0 Å². The van der Waals surface area contributed by atoms with Crippen LogP contribution in [0.25, 0.3) is 0 Å². The molecule has 0 spiro atoms. The van der Waals surface area contributed by atoms with Crippen molar-refractivity contribution in [3.8, 4) is 0 Å². The molecule has 5 heteroatoms. The third kappa shape index (κ3) is 25.3. The Morgan fingerprint density at radius 1 is 0.800 bits per heavy atom. The summed E-state index contributed by atoms with van der Waals surface area (Å²) in [7, 11) is 0. The van der Waals surface area contributed by atoms with Crippen LogP contribution in [0.2, 0.25) is 0 Å². The van der Waals surface area contributed by atoms with Crippen LogP contribution in [0.15, 0.2) is 0 Å². The molecule has 5 heavy (non-hydrogen) atoms. The molecule has 0 aromatic heterocycles. The Kier molecular flexibility index (Phi) is 548. The van der Waals surface area contributed by atoms with Crippen LogP contribution in [-0.4, -0.2) is 0 Å². The fraction of sp³-hybridized carbons (Fsp3) is 0. The molecule has 0 bridgehead atoms. The summed E-state index contributed by atoms with van der Waals surface area (Å²) in [6, 6.07) is 0. The average Bonchev–Trinajstić information content (AvgIpc) is 0. The molecular weight excluding hydrogens is 434 g/mol. The zero-order valence-electron chi connectivity index (χ0n) is 1.80. The Hall–Kier alpha value is 1.86. The number of hydrogen-bond donors (Lipinski definition) is 0. The van der Waals surface area contributed by atoms with E-state index < -0.39 is 0 Å². The van der Waals surface area contributed by atoms with Gasteiger partial charge in [0.2, 0.25) is 0 Å². The maximum atomic E-state index is 0. The molecule has 0 aliphatic rings. The van der Waals surface area contributed by atoms with E-state index in [-0.39, 0.29) is 71.0 Å². The Balaban J connectivity index is 0. The van der Waals surface area contributed by atoms with E-state index in [1.165, 1.54) is 0 Å². The van der Waals surface area contributed by atoms with Gasteiger partial charge in [0.25, 0.3) is 0 Å². The second kappa shape index (κ2) is 40.1. The van der Waals surface area contributed by atoms with Gasteiger partial charge in [0.05, 0.1) is 0 Å². The van der Waals surface area contributed by atoms with Crippen molar-refractivity contribution in [1.82, 2.24) is 0 Å². The topological polar surface area (TPSA) is 57.0 Å². The third-order valence-corrected chi connectivity index (χ3v) is 0. The molecule has 0 unspecified atom stereocenters. The molecule has 0 aromatic carbocycles. The second-order valence-corrected chi connectivity index (χ2v) is 0. The van der Waals surface area contributed by atoms with Crippen molar-refractivity contribution in [3.63, 3.8) is 0 Å². The van der Waals surface area contributed by atoms with Gasteiger partial charge in [-0.3, -0.25) is 0 Å². The van der Waals surface area contributed by atoms with E-state index in [0.717, 1.165) is 0 Å². The fourth-order valence-corrected chi connectivity index (χ4v) is 0. The molecule has 0 saturated heterocycles. The first kappa shape index (κ1) is 68.3. The normalized spacial score (nSPS) is 0. The van der Waals surface area contributed by atoms with E-state index in [2.05, 4.69) is 0 Å². The van der Waals surface area contributed by atoms with Crippen molar-refractivity contribution in [2.75, 3.05) is 0 Å². The summed E-state index contributed by atoms with van der Waals surface area (Å²) >= 11 is 0. The summed E-state index contributed by atoms with van der Waals surface area (Å²) in [5, 5.41) is 0. The van der Waals surface area contributed by atoms with Gasteiger partial charge in [-0.2, -0.15) is 0 Å². The van der Waals surface area contributed by atoms with Gasteiger partial charge in [-0.15, -0.1) is 0 Å². The third-order valence-electron chi connectivity index (χ3n) is 0. The fourth-order valence-electron chi connectivity index (χ4n) is 0. The summed E-state index contributed by atoms with van der Waals surface area (Å²) in [5.74, 6) is 0. The smallest absolute Gasteiger partial charge is 0 e. The molecule has 0 aliphatic carbocycles. The van der Waals surface area contributed by atoms with E-state index in [1.807, 2.05) is 0 Å². The van der Waals surface area contributed by atoms with Crippen LogP contribution in [0.5, 0.6) is 0 Å². The van der Waals surface area contributed by atoms with Crippen molar-refractivity contribution < 1.29 is 71.0 Å². The van der Waals surface area contributed by atoms with Crippen LogP contribution in [0.4, 0.5) is 0 Å². The molecule has 0 heterocycles. The summed E-state index contributed by atoms with van der Waals surface area (Å²) < 4.78 is 0. The predicted octanol–water partition coefficient (Wildman–Crippen LogP) is -0.245. The van der Waals surface area contributed by atoms with Crippen LogP contribution in [0.1, 0.15) is 0 Å². The van der Waals surface area contributed by atoms with Crippen molar-refractivity contribution >= 4 is 0 Å². The Morgan fingerprint density at radius 2 is 0.800 bits per heavy atom. The Morgan fingerprint density at radius 3 is 0.800 bits per heavy atom. The summed E-state index contributed by atoms with van der Waals surface area (Å²) in [6.45, 7) is 0. The molecule has 0 aromatic rings. The first-order valence-electron chi connectivity index (χ1n) is 0. The zero-order chi connectivity index (χ0) is 0. The molecule has 2 radical (unpaired) electrons. The van der Waals surface area contributed by atoms with Gasteiger partial charge in [0.1, 0.15) is 0 Å². The van der Waals surface area contributed by atoms with E-state index in [0.29, 0.717) is 0 Å². The average molecular weight is 434 g/mol. The van der Waals surface area contributed by atoms with Gasteiger partial charge in [-0.05, 0) is 0 Å². The molecule has 0 fully saturated rings. The summed E-state index contributed by atoms with van der Waals surface area (Å²) in [4.78, 5) is 0. The van der Waals surface area contributed by atoms with Crippen molar-refractivity contribution in [2.24, 2.45) is 0 Å². The van der Waals surface area contributed by atoms with Gasteiger partial charge >= 0.3 is 0 Å². The minimum atomic E-state index is 0.